The number of H-pyrrole nitrogens is 1. The van der Waals surface area contributed by atoms with E-state index in [-0.39, 0.29) is 5.56 Å². The molecule has 0 aliphatic rings. The Morgan fingerprint density at radius 1 is 1.13 bits per heavy atom. The van der Waals surface area contributed by atoms with Crippen molar-refractivity contribution in [3.63, 3.8) is 0 Å². The van der Waals surface area contributed by atoms with Gasteiger partial charge in [0.2, 0.25) is 0 Å². The Morgan fingerprint density at radius 3 is 2.73 bits per heavy atom. The number of methoxy groups -OCH3 is 1. The summed E-state index contributed by atoms with van der Waals surface area (Å²) in [5.74, 6) is 0. The first kappa shape index (κ1) is 18.1. The van der Waals surface area contributed by atoms with Gasteiger partial charge in [0.25, 0.3) is 5.56 Å². The molecule has 4 aromatic heterocycles. The van der Waals surface area contributed by atoms with E-state index < -0.39 is 0 Å². The first-order chi connectivity index (χ1) is 14.8. The van der Waals surface area contributed by atoms with Crippen molar-refractivity contribution in [3.8, 4) is 0 Å². The lowest BCUT2D eigenvalue weighted by atomic mass is 10.3. The monoisotopic (exact) mass is 400 g/mol. The third kappa shape index (κ3) is 3.01. The number of rotatable bonds is 5. The quantitative estimate of drug-likeness (QED) is 0.418. The van der Waals surface area contributed by atoms with Gasteiger partial charge in [-0.05, 0) is 18.2 Å². The van der Waals surface area contributed by atoms with E-state index in [9.17, 15) is 4.79 Å². The molecule has 30 heavy (non-hydrogen) atoms. The van der Waals surface area contributed by atoms with Gasteiger partial charge < -0.3 is 4.74 Å². The fourth-order valence-electron chi connectivity index (χ4n) is 3.33. The number of pyridine rings is 1. The van der Waals surface area contributed by atoms with E-state index in [0.717, 1.165) is 11.1 Å². The molecule has 0 aliphatic carbocycles. The Labute approximate surface area is 170 Å². The van der Waals surface area contributed by atoms with Crippen LogP contribution in [0.2, 0.25) is 0 Å². The normalized spacial score (nSPS) is 11.9. The maximum Gasteiger partial charge on any atom is 0.265 e. The number of benzene rings is 1. The van der Waals surface area contributed by atoms with Gasteiger partial charge in [-0.25, -0.2) is 19.9 Å². The summed E-state index contributed by atoms with van der Waals surface area (Å²) < 4.78 is 8.19. The smallest absolute Gasteiger partial charge is 0.265 e. The van der Waals surface area contributed by atoms with Gasteiger partial charge in [-0.2, -0.15) is 9.78 Å². The Bertz CT molecular complexity index is 1460. The van der Waals surface area contributed by atoms with Crippen molar-refractivity contribution in [2.24, 2.45) is 5.10 Å². The number of fused-ring (bicyclic) bond motifs is 4. The second-order valence-electron chi connectivity index (χ2n) is 6.71. The lowest BCUT2D eigenvalue weighted by Crippen LogP contribution is -2.22. The van der Waals surface area contributed by atoms with E-state index in [1.807, 2.05) is 48.8 Å². The van der Waals surface area contributed by atoms with E-state index in [1.165, 1.54) is 10.9 Å². The van der Waals surface area contributed by atoms with E-state index in [4.69, 9.17) is 14.7 Å². The van der Waals surface area contributed by atoms with E-state index >= 15 is 0 Å². The van der Waals surface area contributed by atoms with Gasteiger partial charge in [-0.1, -0.05) is 12.1 Å². The van der Waals surface area contributed by atoms with Gasteiger partial charge in [0.1, 0.15) is 17.2 Å². The fraction of sp³-hybridized carbons (Fsp3) is 0.143. The zero-order valence-electron chi connectivity index (χ0n) is 16.2. The second kappa shape index (κ2) is 7.45. The lowest BCUT2D eigenvalue weighted by molar-refractivity contribution is -0.378. The summed E-state index contributed by atoms with van der Waals surface area (Å²) in [6.45, 7) is 0.804. The SMILES string of the molecule is COCCn1cnc2c(c1=O)c1nc3ccccc3nc1n2/N=C\c1ccc[nH+]c1. The molecule has 0 amide bonds. The van der Waals surface area contributed by atoms with E-state index in [0.29, 0.717) is 40.9 Å². The summed E-state index contributed by atoms with van der Waals surface area (Å²) in [7, 11) is 1.59. The van der Waals surface area contributed by atoms with Crippen LogP contribution in [0.25, 0.3) is 33.2 Å². The molecular formula is C21H18N7O2+. The summed E-state index contributed by atoms with van der Waals surface area (Å²) in [4.78, 5) is 30.2. The van der Waals surface area contributed by atoms with Crippen LogP contribution in [0, 0.1) is 0 Å². The van der Waals surface area contributed by atoms with E-state index in [2.05, 4.69) is 15.1 Å². The predicted octanol–water partition coefficient (Wildman–Crippen LogP) is 1.64. The zero-order valence-corrected chi connectivity index (χ0v) is 16.2. The molecule has 0 bridgehead atoms. The molecule has 9 heteroatoms. The maximum atomic E-state index is 13.2. The Kier molecular flexibility index (Phi) is 4.49. The Hall–Kier alpha value is -3.98. The molecule has 148 valence electrons. The molecule has 5 rings (SSSR count). The molecule has 0 unspecified atom stereocenters. The number of aromatic nitrogens is 6. The summed E-state index contributed by atoms with van der Waals surface area (Å²) in [6, 6.07) is 11.3. The third-order valence-electron chi connectivity index (χ3n) is 4.80. The lowest BCUT2D eigenvalue weighted by Gasteiger charge is -2.04. The number of nitrogens with zero attached hydrogens (tertiary/aromatic N) is 6. The molecule has 0 saturated carbocycles. The minimum absolute atomic E-state index is 0.200. The molecule has 4 heterocycles. The molecule has 0 aliphatic heterocycles. The summed E-state index contributed by atoms with van der Waals surface area (Å²) >= 11 is 0. The average molecular weight is 400 g/mol. The van der Waals surface area contributed by atoms with Crippen LogP contribution >= 0.6 is 0 Å². The van der Waals surface area contributed by atoms with Gasteiger partial charge in [-0.15, -0.1) is 0 Å². The Balaban J connectivity index is 1.82. The van der Waals surface area contributed by atoms with Crippen LogP contribution in [0.15, 0.2) is 65.0 Å². The van der Waals surface area contributed by atoms with Crippen LogP contribution in [0.1, 0.15) is 5.56 Å². The van der Waals surface area contributed by atoms with Crippen molar-refractivity contribution in [3.05, 3.63) is 71.0 Å². The van der Waals surface area contributed by atoms with Crippen molar-refractivity contribution in [1.29, 1.82) is 0 Å². The number of ether oxygens (including phenoxy) is 1. The van der Waals surface area contributed by atoms with Crippen molar-refractivity contribution in [2.75, 3.05) is 13.7 Å². The van der Waals surface area contributed by atoms with Gasteiger partial charge in [-0.3, -0.25) is 9.36 Å². The number of hydrogen-bond donors (Lipinski definition) is 0. The molecule has 0 saturated heterocycles. The third-order valence-corrected chi connectivity index (χ3v) is 4.80. The van der Waals surface area contributed by atoms with Gasteiger partial charge in [0, 0.05) is 13.2 Å². The average Bonchev–Trinajstić information content (AvgIpc) is 3.09. The number of aromatic amines is 1. The minimum atomic E-state index is -0.200. The van der Waals surface area contributed by atoms with Crippen molar-refractivity contribution >= 4 is 39.4 Å². The van der Waals surface area contributed by atoms with Crippen LogP contribution in [-0.2, 0) is 11.3 Å². The van der Waals surface area contributed by atoms with Gasteiger partial charge >= 0.3 is 0 Å². The fourth-order valence-corrected chi connectivity index (χ4v) is 3.33. The molecule has 0 atom stereocenters. The minimum Gasteiger partial charge on any atom is -0.383 e. The van der Waals surface area contributed by atoms with Gasteiger partial charge in [0.05, 0.1) is 36.0 Å². The van der Waals surface area contributed by atoms with Crippen LogP contribution in [0.5, 0.6) is 0 Å². The van der Waals surface area contributed by atoms with Crippen LogP contribution in [-0.4, -0.2) is 44.1 Å². The number of nitrogens with one attached hydrogen (secondary N) is 1. The van der Waals surface area contributed by atoms with Crippen molar-refractivity contribution in [1.82, 2.24) is 24.2 Å². The first-order valence-corrected chi connectivity index (χ1v) is 9.42. The topological polar surface area (TPSA) is 101 Å². The molecule has 1 aromatic carbocycles. The molecule has 0 spiro atoms. The van der Waals surface area contributed by atoms with Crippen molar-refractivity contribution < 1.29 is 9.72 Å². The molecule has 1 N–H and O–H groups in total. The highest BCUT2D eigenvalue weighted by Gasteiger charge is 2.19. The predicted molar refractivity (Wildman–Crippen MR) is 112 cm³/mol. The highest BCUT2D eigenvalue weighted by Crippen LogP contribution is 2.24. The zero-order chi connectivity index (χ0) is 20.5. The number of para-hydroxylation sites is 2. The first-order valence-electron chi connectivity index (χ1n) is 9.42. The van der Waals surface area contributed by atoms with Crippen LogP contribution in [0.4, 0.5) is 0 Å². The highest BCUT2D eigenvalue weighted by atomic mass is 16.5. The maximum absolute atomic E-state index is 13.2. The standard InChI is InChI=1S/C21H17N7O2/c1-30-10-9-27-13-23-19-17(21(27)29)18-20(26-16-7-3-2-6-15(16)25-18)28(19)24-12-14-5-4-8-22-11-14/h2-8,11-13H,9-10H2,1H3/p+1/b24-12-. The van der Waals surface area contributed by atoms with Crippen LogP contribution in [0.3, 0.4) is 0 Å². The molecule has 5 aromatic rings. The van der Waals surface area contributed by atoms with Crippen LogP contribution < -0.4 is 10.5 Å². The molecular weight excluding hydrogens is 382 g/mol. The summed E-state index contributed by atoms with van der Waals surface area (Å²) in [6.07, 6.45) is 6.83. The summed E-state index contributed by atoms with van der Waals surface area (Å²) in [5.41, 5.74) is 3.46. The Morgan fingerprint density at radius 2 is 1.97 bits per heavy atom. The van der Waals surface area contributed by atoms with Crippen molar-refractivity contribution in [2.45, 2.75) is 6.54 Å². The van der Waals surface area contributed by atoms with Gasteiger partial charge in [0.15, 0.2) is 23.7 Å². The molecule has 9 nitrogen and oxygen atoms in total. The molecule has 0 fully saturated rings. The summed E-state index contributed by atoms with van der Waals surface area (Å²) in [5, 5.41) is 4.95. The number of hydrogen-bond acceptors (Lipinski definition) is 6. The highest BCUT2D eigenvalue weighted by molar-refractivity contribution is 6.04. The molecule has 0 radical (unpaired) electrons. The van der Waals surface area contributed by atoms with E-state index in [1.54, 1.807) is 18.0 Å². The second-order valence-corrected chi connectivity index (χ2v) is 6.71. The largest absolute Gasteiger partial charge is 0.383 e.